The van der Waals surface area contributed by atoms with Gasteiger partial charge in [-0.15, -0.1) is 0 Å². The van der Waals surface area contributed by atoms with Crippen molar-refractivity contribution in [1.29, 1.82) is 0 Å². The highest BCUT2D eigenvalue weighted by Gasteiger charge is 2.30. The van der Waals surface area contributed by atoms with Crippen molar-refractivity contribution in [3.63, 3.8) is 0 Å². The molecule has 1 aliphatic carbocycles. The van der Waals surface area contributed by atoms with Gasteiger partial charge in [-0.05, 0) is 24.8 Å². The second-order valence-electron chi connectivity index (χ2n) is 4.23. The van der Waals surface area contributed by atoms with Gasteiger partial charge in [-0.25, -0.2) is 0 Å². The first-order valence-electron chi connectivity index (χ1n) is 5.98. The quantitative estimate of drug-likeness (QED) is 0.551. The first kappa shape index (κ1) is 13.7. The molecule has 0 saturated carbocycles. The molecule has 1 amide bonds. The molecule has 0 radical (unpaired) electrons. The first-order chi connectivity index (χ1) is 9.15. The summed E-state index contributed by atoms with van der Waals surface area (Å²) in [6.07, 6.45) is 8.69. The van der Waals surface area contributed by atoms with E-state index in [1.165, 1.54) is 5.57 Å². The molecule has 0 spiro atoms. The summed E-state index contributed by atoms with van der Waals surface area (Å²) in [6, 6.07) is 0. The Kier molecular flexibility index (Phi) is 4.62. The van der Waals surface area contributed by atoms with Gasteiger partial charge < -0.3 is 15.2 Å². The van der Waals surface area contributed by atoms with Gasteiger partial charge in [-0.2, -0.15) is 5.10 Å². The number of rotatable bonds is 4. The van der Waals surface area contributed by atoms with Gasteiger partial charge in [0, 0.05) is 18.6 Å². The van der Waals surface area contributed by atoms with E-state index in [-0.39, 0.29) is 12.3 Å². The van der Waals surface area contributed by atoms with E-state index in [1.807, 2.05) is 6.20 Å². The lowest BCUT2D eigenvalue weighted by atomic mass is 10.0. The van der Waals surface area contributed by atoms with Crippen molar-refractivity contribution < 1.29 is 14.7 Å². The standard InChI is InChI=1S/C12H15N3O3S/c16-10(17)6-9-11(18)14-12(19-9)15-13-7-8-4-2-1-3-5-8/h1-2,7,9,13H,3-6H2,(H,16,17)(H,14,15,18)/p-1/t9-/m1/s1. The lowest BCUT2D eigenvalue weighted by molar-refractivity contribution is -0.305. The number of thioether (sulfide) groups is 1. The Morgan fingerprint density at radius 3 is 3.16 bits per heavy atom. The van der Waals surface area contributed by atoms with E-state index in [4.69, 9.17) is 0 Å². The van der Waals surface area contributed by atoms with Gasteiger partial charge in [0.1, 0.15) is 0 Å². The smallest absolute Gasteiger partial charge is 0.239 e. The topological polar surface area (TPSA) is 93.6 Å². The summed E-state index contributed by atoms with van der Waals surface area (Å²) in [6.45, 7) is 0. The number of carbonyl (C=O) groups excluding carboxylic acids is 2. The maximum atomic E-state index is 11.4. The molecule has 2 aliphatic rings. The van der Waals surface area contributed by atoms with Crippen LogP contribution in [-0.2, 0) is 9.59 Å². The third-order valence-corrected chi connectivity index (χ3v) is 3.82. The molecule has 1 aliphatic heterocycles. The van der Waals surface area contributed by atoms with E-state index >= 15 is 0 Å². The van der Waals surface area contributed by atoms with E-state index in [9.17, 15) is 14.7 Å². The molecule has 0 aromatic rings. The molecular formula is C12H14N3O3S-. The zero-order valence-corrected chi connectivity index (χ0v) is 11.0. The fraction of sp³-hybridized carbons (Fsp3) is 0.417. The number of nitrogens with zero attached hydrogens (tertiary/aromatic N) is 1. The largest absolute Gasteiger partial charge is 0.550 e. The summed E-state index contributed by atoms with van der Waals surface area (Å²) in [5.74, 6) is -1.58. The number of nitrogens with one attached hydrogen (secondary N) is 2. The van der Waals surface area contributed by atoms with Gasteiger partial charge in [-0.3, -0.25) is 10.2 Å². The molecule has 1 fully saturated rings. The van der Waals surface area contributed by atoms with E-state index in [1.54, 1.807) is 0 Å². The van der Waals surface area contributed by atoms with Crippen LogP contribution in [0.25, 0.3) is 0 Å². The van der Waals surface area contributed by atoms with Crippen molar-refractivity contribution in [3.8, 4) is 0 Å². The highest BCUT2D eigenvalue weighted by atomic mass is 32.2. The van der Waals surface area contributed by atoms with Crippen LogP contribution in [0.4, 0.5) is 0 Å². The highest BCUT2D eigenvalue weighted by molar-refractivity contribution is 8.15. The average Bonchev–Trinajstić information content (AvgIpc) is 2.70. The van der Waals surface area contributed by atoms with E-state index < -0.39 is 11.2 Å². The molecule has 2 N–H and O–H groups in total. The van der Waals surface area contributed by atoms with Crippen LogP contribution in [0, 0.1) is 0 Å². The van der Waals surface area contributed by atoms with Gasteiger partial charge in [0.05, 0.1) is 5.25 Å². The molecule has 1 heterocycles. The zero-order chi connectivity index (χ0) is 13.7. The molecule has 102 valence electrons. The highest BCUT2D eigenvalue weighted by Crippen LogP contribution is 2.21. The summed E-state index contributed by atoms with van der Waals surface area (Å²) in [7, 11) is 0. The average molecular weight is 280 g/mol. The van der Waals surface area contributed by atoms with Crippen LogP contribution >= 0.6 is 11.8 Å². The van der Waals surface area contributed by atoms with Crippen LogP contribution in [0.15, 0.2) is 29.0 Å². The SMILES string of the molecule is O=C([O-])C[C@H]1S/C(=N/NC=C2CC=CCC2)NC1=O. The van der Waals surface area contributed by atoms with E-state index in [0.717, 1.165) is 31.0 Å². The zero-order valence-electron chi connectivity index (χ0n) is 10.2. The number of hydrogen-bond acceptors (Lipinski definition) is 6. The minimum absolute atomic E-state index is 0.304. The summed E-state index contributed by atoms with van der Waals surface area (Å²) >= 11 is 1.10. The Morgan fingerprint density at radius 2 is 2.47 bits per heavy atom. The van der Waals surface area contributed by atoms with Gasteiger partial charge >= 0.3 is 0 Å². The van der Waals surface area contributed by atoms with Crippen molar-refractivity contribution in [3.05, 3.63) is 23.9 Å². The second-order valence-corrected chi connectivity index (χ2v) is 5.43. The van der Waals surface area contributed by atoms with Crippen molar-refractivity contribution in [2.45, 2.75) is 30.9 Å². The van der Waals surface area contributed by atoms with E-state index in [0.29, 0.717) is 5.17 Å². The normalized spacial score (nSPS) is 26.7. The second kappa shape index (κ2) is 6.42. The fourth-order valence-electron chi connectivity index (χ4n) is 1.78. The molecule has 19 heavy (non-hydrogen) atoms. The number of carbonyl (C=O) groups is 2. The number of amides is 1. The molecule has 6 nitrogen and oxygen atoms in total. The van der Waals surface area contributed by atoms with Gasteiger partial charge in [-0.1, -0.05) is 23.9 Å². The number of carboxylic acid groups (broad SMARTS) is 1. The Hall–Kier alpha value is -1.76. The fourth-order valence-corrected chi connectivity index (χ4v) is 2.70. The number of hydrazone groups is 1. The molecule has 0 aromatic heterocycles. The lowest BCUT2D eigenvalue weighted by Crippen LogP contribution is -2.31. The molecule has 7 heteroatoms. The van der Waals surface area contributed by atoms with Gasteiger partial charge in [0.2, 0.25) is 5.91 Å². The number of hydrogen-bond donors (Lipinski definition) is 2. The van der Waals surface area contributed by atoms with Crippen molar-refractivity contribution in [1.82, 2.24) is 10.7 Å². The Bertz CT molecular complexity index is 471. The first-order valence-corrected chi connectivity index (χ1v) is 6.86. The van der Waals surface area contributed by atoms with Gasteiger partial charge in [0.25, 0.3) is 0 Å². The summed E-state index contributed by atoms with van der Waals surface area (Å²) in [4.78, 5) is 21.9. The van der Waals surface area contributed by atoms with Crippen molar-refractivity contribution in [2.75, 3.05) is 0 Å². The monoisotopic (exact) mass is 280 g/mol. The Balaban J connectivity index is 1.85. The molecule has 0 unspecified atom stereocenters. The lowest BCUT2D eigenvalue weighted by Gasteiger charge is -2.07. The maximum Gasteiger partial charge on any atom is 0.239 e. The summed E-state index contributed by atoms with van der Waals surface area (Å²) in [5, 5.41) is 16.7. The Labute approximate surface area is 115 Å². The maximum absolute atomic E-state index is 11.4. The van der Waals surface area contributed by atoms with E-state index in [2.05, 4.69) is 28.0 Å². The van der Waals surface area contributed by atoms with Crippen LogP contribution in [0.1, 0.15) is 25.7 Å². The predicted octanol–water partition coefficient (Wildman–Crippen LogP) is -0.157. The van der Waals surface area contributed by atoms with Crippen LogP contribution < -0.4 is 15.8 Å². The third kappa shape index (κ3) is 4.13. The molecular weight excluding hydrogens is 266 g/mol. The van der Waals surface area contributed by atoms with Crippen LogP contribution in [0.3, 0.4) is 0 Å². The molecule has 1 atom stereocenters. The summed E-state index contributed by atoms with van der Waals surface area (Å²) in [5.41, 5.74) is 4.03. The van der Waals surface area contributed by atoms with Crippen LogP contribution in [-0.4, -0.2) is 22.3 Å². The van der Waals surface area contributed by atoms with Crippen LogP contribution in [0.5, 0.6) is 0 Å². The molecule has 2 rings (SSSR count). The molecule has 0 aromatic carbocycles. The molecule has 0 bridgehead atoms. The number of aliphatic carboxylic acids is 1. The molecule has 1 saturated heterocycles. The van der Waals surface area contributed by atoms with Crippen molar-refractivity contribution >= 4 is 28.8 Å². The minimum atomic E-state index is -1.24. The summed E-state index contributed by atoms with van der Waals surface area (Å²) < 4.78 is 0. The van der Waals surface area contributed by atoms with Crippen molar-refractivity contribution in [2.24, 2.45) is 5.10 Å². The number of allylic oxidation sites excluding steroid dienone is 3. The van der Waals surface area contributed by atoms with Gasteiger partial charge in [0.15, 0.2) is 5.17 Å². The Morgan fingerprint density at radius 1 is 1.63 bits per heavy atom. The number of carboxylic acids is 1. The minimum Gasteiger partial charge on any atom is -0.550 e. The predicted molar refractivity (Wildman–Crippen MR) is 70.8 cm³/mol. The van der Waals surface area contributed by atoms with Crippen LogP contribution in [0.2, 0.25) is 0 Å². The third-order valence-electron chi connectivity index (χ3n) is 2.74. The number of amidine groups is 1.